The van der Waals surface area contributed by atoms with Crippen LogP contribution in [0.4, 0.5) is 0 Å². The highest BCUT2D eigenvalue weighted by molar-refractivity contribution is 7.90. The summed E-state index contributed by atoms with van der Waals surface area (Å²) < 4.78 is 28.1. The molecule has 0 bridgehead atoms. The first-order chi connectivity index (χ1) is 10.0. The van der Waals surface area contributed by atoms with E-state index >= 15 is 0 Å². The molecule has 3 rings (SSSR count). The van der Waals surface area contributed by atoms with Gasteiger partial charge in [0.2, 0.25) is 5.91 Å². The zero-order valence-electron chi connectivity index (χ0n) is 11.7. The molecule has 1 saturated heterocycles. The highest BCUT2D eigenvalue weighted by Crippen LogP contribution is 2.30. The van der Waals surface area contributed by atoms with E-state index in [0.717, 1.165) is 6.42 Å². The molecule has 1 unspecified atom stereocenters. The van der Waals surface area contributed by atoms with Gasteiger partial charge in [0.1, 0.15) is 10.9 Å². The Morgan fingerprint density at radius 3 is 2.95 bits per heavy atom. The van der Waals surface area contributed by atoms with Gasteiger partial charge in [-0.1, -0.05) is 12.1 Å². The molecule has 0 spiro atoms. The predicted molar refractivity (Wildman–Crippen MR) is 78.6 cm³/mol. The van der Waals surface area contributed by atoms with Gasteiger partial charge in [0.05, 0.1) is 0 Å². The molecule has 1 atom stereocenters. The Labute approximate surface area is 123 Å². The monoisotopic (exact) mass is 307 g/mol. The maximum atomic E-state index is 12.1. The molecule has 6 nitrogen and oxygen atoms in total. The number of fused-ring (bicyclic) bond motifs is 1. The van der Waals surface area contributed by atoms with Crippen molar-refractivity contribution < 1.29 is 13.2 Å². The van der Waals surface area contributed by atoms with Gasteiger partial charge in [0, 0.05) is 18.7 Å². The summed E-state index contributed by atoms with van der Waals surface area (Å²) in [6.45, 7) is 3.07. The highest BCUT2D eigenvalue weighted by atomic mass is 32.2. The van der Waals surface area contributed by atoms with E-state index in [1.807, 2.05) is 11.8 Å². The topological polar surface area (TPSA) is 78.8 Å². The number of carbonyl (C=O) groups excluding carboxylic acids is 1. The van der Waals surface area contributed by atoms with Gasteiger partial charge in [-0.3, -0.25) is 4.79 Å². The molecule has 0 radical (unpaired) electrons. The molecule has 1 N–H and O–H groups in total. The Balaban J connectivity index is 1.99. The van der Waals surface area contributed by atoms with Gasteiger partial charge >= 0.3 is 0 Å². The molecule has 0 saturated carbocycles. The SMILES string of the molecule is CCNC(=O)C1CCCN1C1=NS(=O)(=O)c2ccccc21. The molecule has 21 heavy (non-hydrogen) atoms. The predicted octanol–water partition coefficient (Wildman–Crippen LogP) is 0.736. The number of hydrogen-bond donors (Lipinski definition) is 1. The van der Waals surface area contributed by atoms with Crippen molar-refractivity contribution in [2.24, 2.45) is 4.40 Å². The first kappa shape index (κ1) is 14.1. The largest absolute Gasteiger partial charge is 0.355 e. The summed E-state index contributed by atoms with van der Waals surface area (Å²) >= 11 is 0. The molecular formula is C14H17N3O3S. The number of nitrogens with one attached hydrogen (secondary N) is 1. The Morgan fingerprint density at radius 2 is 2.19 bits per heavy atom. The van der Waals surface area contributed by atoms with E-state index in [1.165, 1.54) is 0 Å². The smallest absolute Gasteiger partial charge is 0.285 e. The van der Waals surface area contributed by atoms with Crippen LogP contribution >= 0.6 is 0 Å². The number of sulfonamides is 1. The molecule has 0 aliphatic carbocycles. The number of rotatable bonds is 2. The zero-order valence-corrected chi connectivity index (χ0v) is 12.6. The second-order valence-corrected chi connectivity index (χ2v) is 6.70. The van der Waals surface area contributed by atoms with Crippen molar-refractivity contribution in [1.82, 2.24) is 10.2 Å². The molecule has 7 heteroatoms. The molecule has 2 aliphatic heterocycles. The van der Waals surface area contributed by atoms with Crippen LogP contribution in [0.3, 0.4) is 0 Å². The van der Waals surface area contributed by atoms with Crippen LogP contribution in [-0.4, -0.2) is 44.2 Å². The van der Waals surface area contributed by atoms with E-state index in [9.17, 15) is 13.2 Å². The maximum absolute atomic E-state index is 12.1. The summed E-state index contributed by atoms with van der Waals surface area (Å²) in [5.74, 6) is 0.332. The Hall–Kier alpha value is -1.89. The number of amides is 1. The number of carbonyl (C=O) groups is 1. The van der Waals surface area contributed by atoms with E-state index < -0.39 is 10.0 Å². The van der Waals surface area contributed by atoms with Gasteiger partial charge in [-0.05, 0) is 31.9 Å². The number of benzene rings is 1. The van der Waals surface area contributed by atoms with Gasteiger partial charge in [-0.15, -0.1) is 4.40 Å². The molecule has 112 valence electrons. The van der Waals surface area contributed by atoms with Gasteiger partial charge in [-0.2, -0.15) is 8.42 Å². The Bertz CT molecular complexity index is 712. The molecular weight excluding hydrogens is 290 g/mol. The lowest BCUT2D eigenvalue weighted by atomic mass is 10.1. The fraction of sp³-hybridized carbons (Fsp3) is 0.429. The maximum Gasteiger partial charge on any atom is 0.285 e. The summed E-state index contributed by atoms with van der Waals surface area (Å²) in [5.41, 5.74) is 0.591. The second-order valence-electron chi connectivity index (χ2n) is 5.13. The van der Waals surface area contributed by atoms with E-state index in [2.05, 4.69) is 9.71 Å². The van der Waals surface area contributed by atoms with Crippen molar-refractivity contribution >= 4 is 21.8 Å². The lowest BCUT2D eigenvalue weighted by Gasteiger charge is -2.25. The van der Waals surface area contributed by atoms with Crippen LogP contribution in [0, 0.1) is 0 Å². The number of likely N-dealkylation sites (tertiary alicyclic amines) is 1. The molecule has 0 aromatic heterocycles. The molecule has 2 aliphatic rings. The first-order valence-corrected chi connectivity index (χ1v) is 8.47. The van der Waals surface area contributed by atoms with Crippen molar-refractivity contribution in [2.75, 3.05) is 13.1 Å². The summed E-state index contributed by atoms with van der Waals surface area (Å²) in [5, 5.41) is 2.80. The van der Waals surface area contributed by atoms with Crippen molar-refractivity contribution in [3.8, 4) is 0 Å². The summed E-state index contributed by atoms with van der Waals surface area (Å²) in [6.07, 6.45) is 1.57. The average Bonchev–Trinajstić information content (AvgIpc) is 3.03. The third-order valence-corrected chi connectivity index (χ3v) is 5.12. The minimum Gasteiger partial charge on any atom is -0.355 e. The van der Waals surface area contributed by atoms with Crippen molar-refractivity contribution in [1.29, 1.82) is 0 Å². The lowest BCUT2D eigenvalue weighted by Crippen LogP contribution is -2.45. The quantitative estimate of drug-likeness (QED) is 0.874. The second kappa shape index (κ2) is 5.14. The van der Waals surface area contributed by atoms with Crippen molar-refractivity contribution in [3.63, 3.8) is 0 Å². The van der Waals surface area contributed by atoms with E-state index in [0.29, 0.717) is 30.9 Å². The van der Waals surface area contributed by atoms with Gasteiger partial charge in [0.25, 0.3) is 10.0 Å². The normalized spacial score (nSPS) is 22.8. The standard InChI is InChI=1S/C14H17N3O3S/c1-2-15-14(18)11-7-5-9-17(11)13-10-6-3-4-8-12(10)21(19,20)16-13/h3-4,6,8,11H,2,5,7,9H2,1H3,(H,15,18). The number of likely N-dealkylation sites (N-methyl/N-ethyl adjacent to an activating group) is 1. The zero-order chi connectivity index (χ0) is 15.0. The van der Waals surface area contributed by atoms with Crippen LogP contribution in [0.1, 0.15) is 25.3 Å². The van der Waals surface area contributed by atoms with Gasteiger partial charge < -0.3 is 10.2 Å². The van der Waals surface area contributed by atoms with E-state index in [-0.39, 0.29) is 16.8 Å². The third kappa shape index (κ3) is 2.31. The first-order valence-electron chi connectivity index (χ1n) is 7.03. The third-order valence-electron chi connectivity index (χ3n) is 3.79. The average molecular weight is 307 g/mol. The van der Waals surface area contributed by atoms with E-state index in [1.54, 1.807) is 24.3 Å². The summed E-state index contributed by atoms with van der Waals surface area (Å²) in [6, 6.07) is 6.42. The van der Waals surface area contributed by atoms with E-state index in [4.69, 9.17) is 0 Å². The highest BCUT2D eigenvalue weighted by Gasteiger charge is 2.38. The van der Waals surface area contributed by atoms with Crippen LogP contribution in [0.15, 0.2) is 33.6 Å². The van der Waals surface area contributed by atoms with Crippen LogP contribution < -0.4 is 5.32 Å². The summed E-state index contributed by atoms with van der Waals surface area (Å²) in [4.78, 5) is 14.2. The van der Waals surface area contributed by atoms with Crippen LogP contribution in [0.25, 0.3) is 0 Å². The van der Waals surface area contributed by atoms with Gasteiger partial charge in [-0.25, -0.2) is 0 Å². The number of nitrogens with zero attached hydrogens (tertiary/aromatic N) is 2. The number of amidine groups is 1. The molecule has 2 heterocycles. The van der Waals surface area contributed by atoms with Crippen molar-refractivity contribution in [2.45, 2.75) is 30.7 Å². The fourth-order valence-corrected chi connectivity index (χ4v) is 4.10. The molecule has 1 aromatic carbocycles. The Morgan fingerprint density at radius 1 is 1.43 bits per heavy atom. The Kier molecular flexibility index (Phi) is 3.44. The lowest BCUT2D eigenvalue weighted by molar-refractivity contribution is -0.124. The van der Waals surface area contributed by atoms with Crippen molar-refractivity contribution in [3.05, 3.63) is 29.8 Å². The van der Waals surface area contributed by atoms with Gasteiger partial charge in [0.15, 0.2) is 5.84 Å². The molecule has 1 aromatic rings. The van der Waals surface area contributed by atoms with Crippen LogP contribution in [0.5, 0.6) is 0 Å². The minimum absolute atomic E-state index is 0.0699. The molecule has 1 fully saturated rings. The summed E-state index contributed by atoms with van der Waals surface area (Å²) in [7, 11) is -3.64. The minimum atomic E-state index is -3.64. The van der Waals surface area contributed by atoms with Crippen LogP contribution in [0.2, 0.25) is 0 Å². The fourth-order valence-electron chi connectivity index (χ4n) is 2.88. The number of hydrogen-bond acceptors (Lipinski definition) is 4. The molecule has 1 amide bonds. The van der Waals surface area contributed by atoms with Crippen LogP contribution in [-0.2, 0) is 14.8 Å².